The molecular weight excluding hydrogens is 330 g/mol. The first kappa shape index (κ1) is 16.4. The van der Waals surface area contributed by atoms with Crippen molar-refractivity contribution in [1.82, 2.24) is 4.48 Å². The van der Waals surface area contributed by atoms with E-state index < -0.39 is 10.1 Å². The average molecular weight is 348 g/mol. The van der Waals surface area contributed by atoms with Crippen molar-refractivity contribution in [3.05, 3.63) is 35.9 Å². The van der Waals surface area contributed by atoms with Crippen LogP contribution in [-0.4, -0.2) is 38.9 Å². The molecule has 2 rings (SSSR count). The van der Waals surface area contributed by atoms with Crippen LogP contribution in [0.4, 0.5) is 5.69 Å². The molecule has 1 unspecified atom stereocenters. The Hall–Kier alpha value is -0.690. The fraction of sp³-hybridized carbons (Fsp3) is 0.385. The fourth-order valence-corrected chi connectivity index (χ4v) is 2.93. The van der Waals surface area contributed by atoms with Crippen molar-refractivity contribution in [3.8, 4) is 0 Å². The van der Waals surface area contributed by atoms with Gasteiger partial charge >= 0.3 is 0 Å². The Kier molecular flexibility index (Phi) is 5.32. The monoisotopic (exact) mass is 347 g/mol. The first-order valence-corrected chi connectivity index (χ1v) is 7.57. The third-order valence-corrected chi connectivity index (χ3v) is 4.18. The van der Waals surface area contributed by atoms with Gasteiger partial charge in [0.1, 0.15) is 12.2 Å². The predicted molar refractivity (Wildman–Crippen MR) is 74.0 cm³/mol. The maximum atomic E-state index is 10.8. The summed E-state index contributed by atoms with van der Waals surface area (Å²) in [7, 11) is -1.77. The summed E-state index contributed by atoms with van der Waals surface area (Å²) >= 11 is 0. The van der Waals surface area contributed by atoms with Crippen LogP contribution in [0.25, 0.3) is 6.08 Å². The van der Waals surface area contributed by atoms with Gasteiger partial charge < -0.3 is 17.0 Å². The molecule has 0 spiro atoms. The minimum Gasteiger partial charge on any atom is -1.00 e. The molecule has 1 N–H and O–H groups in total. The Morgan fingerprint density at radius 2 is 2.00 bits per heavy atom. The molecule has 0 bridgehead atoms. The van der Waals surface area contributed by atoms with Gasteiger partial charge in [-0.15, -0.1) is 0 Å². The van der Waals surface area contributed by atoms with E-state index in [1.165, 1.54) is 11.3 Å². The van der Waals surface area contributed by atoms with Crippen molar-refractivity contribution >= 4 is 21.9 Å². The van der Waals surface area contributed by atoms with Crippen molar-refractivity contribution in [2.75, 3.05) is 25.9 Å². The zero-order chi connectivity index (χ0) is 13.2. The maximum Gasteiger partial charge on any atom is 0.265 e. The number of quaternary nitrogens is 1. The van der Waals surface area contributed by atoms with Crippen LogP contribution in [-0.2, 0) is 10.1 Å². The molecule has 0 fully saturated rings. The van der Waals surface area contributed by atoms with Gasteiger partial charge in [0, 0.05) is 12.0 Å². The lowest BCUT2D eigenvalue weighted by Crippen LogP contribution is -3.00. The van der Waals surface area contributed by atoms with E-state index in [0.717, 1.165) is 6.54 Å². The number of hydrogen-bond acceptors (Lipinski definition) is 2. The minimum atomic E-state index is -3.86. The molecule has 6 heteroatoms. The van der Waals surface area contributed by atoms with Crippen molar-refractivity contribution in [2.24, 2.45) is 0 Å². The lowest BCUT2D eigenvalue weighted by molar-refractivity contribution is -0.00000793. The smallest absolute Gasteiger partial charge is 0.265 e. The van der Waals surface area contributed by atoms with E-state index in [2.05, 4.69) is 31.3 Å². The summed E-state index contributed by atoms with van der Waals surface area (Å²) in [5.41, 5.74) is 2.38. The number of halogens is 1. The molecular formula is C13H18BrNO3S. The summed E-state index contributed by atoms with van der Waals surface area (Å²) < 4.78 is 31.0. The molecule has 0 amide bonds. The molecule has 1 atom stereocenters. The first-order chi connectivity index (χ1) is 8.41. The van der Waals surface area contributed by atoms with Gasteiger partial charge in [-0.1, -0.05) is 12.1 Å². The zero-order valence-electron chi connectivity index (χ0n) is 10.8. The van der Waals surface area contributed by atoms with Crippen molar-refractivity contribution < 1.29 is 30.0 Å². The Bertz CT molecular complexity index is 571. The van der Waals surface area contributed by atoms with Gasteiger partial charge in [-0.05, 0) is 24.3 Å². The van der Waals surface area contributed by atoms with Crippen molar-refractivity contribution in [2.45, 2.75) is 6.42 Å². The van der Waals surface area contributed by atoms with Gasteiger partial charge in [0.2, 0.25) is 0 Å². The molecule has 0 saturated heterocycles. The lowest BCUT2D eigenvalue weighted by atomic mass is 10.1. The molecule has 1 aliphatic rings. The largest absolute Gasteiger partial charge is 1.00 e. The van der Waals surface area contributed by atoms with E-state index in [1.807, 2.05) is 12.1 Å². The van der Waals surface area contributed by atoms with E-state index in [4.69, 9.17) is 4.55 Å². The second-order valence-corrected chi connectivity index (χ2v) is 6.47. The predicted octanol–water partition coefficient (Wildman–Crippen LogP) is -1.07. The van der Waals surface area contributed by atoms with Gasteiger partial charge in [-0.25, -0.2) is 0 Å². The number of benzene rings is 1. The lowest BCUT2D eigenvalue weighted by Gasteiger charge is -2.36. The number of nitrogens with zero attached hydrogens (tertiary/aromatic N) is 1. The molecule has 1 heterocycles. The summed E-state index contributed by atoms with van der Waals surface area (Å²) in [5.74, 6) is -0.174. The summed E-state index contributed by atoms with van der Waals surface area (Å²) in [5, 5.41) is 0. The van der Waals surface area contributed by atoms with E-state index in [0.29, 0.717) is 17.4 Å². The Balaban J connectivity index is 0.00000180. The molecule has 0 aliphatic carbocycles. The minimum absolute atomic E-state index is 0. The normalized spacial score (nSPS) is 21.6. The number of rotatable bonds is 4. The molecule has 0 saturated carbocycles. The van der Waals surface area contributed by atoms with E-state index in [9.17, 15) is 8.42 Å². The van der Waals surface area contributed by atoms with Gasteiger partial charge in [0.25, 0.3) is 10.1 Å². The topological polar surface area (TPSA) is 54.4 Å². The first-order valence-electron chi connectivity index (χ1n) is 5.97. The maximum absolute atomic E-state index is 10.8. The molecule has 106 valence electrons. The molecule has 1 aliphatic heterocycles. The number of hydrogen-bond donors (Lipinski definition) is 1. The zero-order valence-corrected chi connectivity index (χ0v) is 13.2. The molecule has 1 aromatic rings. The van der Waals surface area contributed by atoms with E-state index in [-0.39, 0.29) is 22.7 Å². The Morgan fingerprint density at radius 3 is 2.68 bits per heavy atom. The highest BCUT2D eigenvalue weighted by Gasteiger charge is 2.28. The molecule has 0 radical (unpaired) electrons. The summed E-state index contributed by atoms with van der Waals surface area (Å²) in [6.45, 7) is 1.55. The van der Waals surface area contributed by atoms with Crippen LogP contribution >= 0.6 is 0 Å². The van der Waals surface area contributed by atoms with Gasteiger partial charge in [-0.3, -0.25) is 9.04 Å². The molecule has 1 aromatic carbocycles. The van der Waals surface area contributed by atoms with Crippen LogP contribution in [0.1, 0.15) is 12.0 Å². The van der Waals surface area contributed by atoms with Crippen LogP contribution in [0.2, 0.25) is 0 Å². The third kappa shape index (κ3) is 4.14. The highest BCUT2D eigenvalue weighted by atomic mass is 79.9. The van der Waals surface area contributed by atoms with Crippen LogP contribution < -0.4 is 21.5 Å². The second kappa shape index (κ2) is 6.17. The van der Waals surface area contributed by atoms with Gasteiger partial charge in [-0.2, -0.15) is 8.42 Å². The Morgan fingerprint density at radius 1 is 1.32 bits per heavy atom. The van der Waals surface area contributed by atoms with E-state index in [1.54, 1.807) is 0 Å². The van der Waals surface area contributed by atoms with Crippen LogP contribution in [0, 0.1) is 0 Å². The SMILES string of the molecule is C[N+]1(CCCS(=O)(=O)O)CC=Cc2ccccc21.[Br-]. The van der Waals surface area contributed by atoms with Crippen molar-refractivity contribution in [1.29, 1.82) is 0 Å². The van der Waals surface area contributed by atoms with Crippen LogP contribution in [0.3, 0.4) is 0 Å². The second-order valence-electron chi connectivity index (χ2n) is 4.90. The number of fused-ring (bicyclic) bond motifs is 1. The van der Waals surface area contributed by atoms with Crippen LogP contribution in [0.5, 0.6) is 0 Å². The van der Waals surface area contributed by atoms with Crippen molar-refractivity contribution in [3.63, 3.8) is 0 Å². The molecule has 0 aromatic heterocycles. The highest BCUT2D eigenvalue weighted by Crippen LogP contribution is 2.30. The quantitative estimate of drug-likeness (QED) is 0.557. The van der Waals surface area contributed by atoms with E-state index >= 15 is 0 Å². The van der Waals surface area contributed by atoms with Gasteiger partial charge in [0.05, 0.1) is 19.3 Å². The van der Waals surface area contributed by atoms with Crippen LogP contribution in [0.15, 0.2) is 30.3 Å². The number of likely N-dealkylation sites (N-methyl/N-ethyl adjacent to an activating group) is 1. The average Bonchev–Trinajstić information content (AvgIpc) is 2.28. The Labute approximate surface area is 124 Å². The third-order valence-electron chi connectivity index (χ3n) is 3.38. The molecule has 4 nitrogen and oxygen atoms in total. The summed E-state index contributed by atoms with van der Waals surface area (Å²) in [6.07, 6.45) is 4.66. The highest BCUT2D eigenvalue weighted by molar-refractivity contribution is 7.85. The summed E-state index contributed by atoms with van der Waals surface area (Å²) in [4.78, 5) is 0. The fourth-order valence-electron chi connectivity index (χ4n) is 2.44. The number of para-hydroxylation sites is 1. The summed E-state index contributed by atoms with van der Waals surface area (Å²) in [6, 6.07) is 8.13. The molecule has 19 heavy (non-hydrogen) atoms. The standard InChI is InChI=1S/C13H17NO3S.BrH/c1-14(10-5-11-18(15,16)17)9-4-7-12-6-2-3-8-13(12)14;/h2-4,6-8H,5,9-11H2,1H3;1H. The van der Waals surface area contributed by atoms with Gasteiger partial charge in [0.15, 0.2) is 0 Å².